The number of benzene rings is 2. The summed E-state index contributed by atoms with van der Waals surface area (Å²) in [6, 6.07) is 13.2. The van der Waals surface area contributed by atoms with E-state index in [1.807, 2.05) is 0 Å². The fraction of sp³-hybridized carbons (Fsp3) is 0.0909. The normalized spacial score (nSPS) is 19.6. The summed E-state index contributed by atoms with van der Waals surface area (Å²) in [5.41, 5.74) is 7.17. The lowest BCUT2D eigenvalue weighted by Crippen LogP contribution is -2.28. The maximum Gasteiger partial charge on any atom is 0.141 e. The van der Waals surface area contributed by atoms with Crippen LogP contribution in [-0.2, 0) is 0 Å². The molecule has 2 unspecified atom stereocenters. The Morgan fingerprint density at radius 1 is 0.857 bits per heavy atom. The van der Waals surface area contributed by atoms with Gasteiger partial charge in [0.2, 0.25) is 0 Å². The van der Waals surface area contributed by atoms with Gasteiger partial charge in [0.25, 0.3) is 0 Å². The number of nitrogens with zero attached hydrogens (tertiary/aromatic N) is 2. The van der Waals surface area contributed by atoms with Gasteiger partial charge >= 0.3 is 0 Å². The molecule has 0 spiro atoms. The van der Waals surface area contributed by atoms with Crippen LogP contribution in [0.25, 0.3) is 5.70 Å². The van der Waals surface area contributed by atoms with Gasteiger partial charge in [-0.2, -0.15) is 0 Å². The highest BCUT2D eigenvalue weighted by Crippen LogP contribution is 2.26. The van der Waals surface area contributed by atoms with E-state index in [0.29, 0.717) is 11.1 Å². The van der Waals surface area contributed by atoms with Gasteiger partial charge in [-0.15, -0.1) is 0 Å². The number of aliphatic imine (C=N–C) groups is 2. The second kappa shape index (κ2) is 8.37. The molecular formula is C22H21N3O3. The Bertz CT molecular complexity index is 1010. The van der Waals surface area contributed by atoms with Crippen molar-refractivity contribution in [1.82, 2.24) is 0 Å². The molecular weight excluding hydrogens is 354 g/mol. The molecule has 28 heavy (non-hydrogen) atoms. The number of aromatic hydroxyl groups is 2. The largest absolute Gasteiger partial charge is 0.507 e. The van der Waals surface area contributed by atoms with Crippen LogP contribution in [0.15, 0.2) is 89.4 Å². The lowest BCUT2D eigenvalue weighted by molar-refractivity contribution is 0.202. The zero-order valence-electron chi connectivity index (χ0n) is 15.1. The summed E-state index contributed by atoms with van der Waals surface area (Å²) in [5.74, 6) is -0.272. The molecule has 0 aromatic heterocycles. The summed E-state index contributed by atoms with van der Waals surface area (Å²) >= 11 is 0. The first-order valence-corrected chi connectivity index (χ1v) is 8.69. The van der Waals surface area contributed by atoms with E-state index in [4.69, 9.17) is 5.73 Å². The van der Waals surface area contributed by atoms with Crippen LogP contribution in [0, 0.1) is 5.92 Å². The van der Waals surface area contributed by atoms with E-state index in [1.165, 1.54) is 12.1 Å². The minimum absolute atomic E-state index is 0.0118. The monoisotopic (exact) mass is 375 g/mol. The molecule has 0 aliphatic heterocycles. The second-order valence-corrected chi connectivity index (χ2v) is 6.23. The third-order valence-electron chi connectivity index (χ3n) is 4.28. The number of aliphatic hydroxyl groups is 1. The Morgan fingerprint density at radius 2 is 1.43 bits per heavy atom. The molecule has 2 atom stereocenters. The molecule has 0 saturated heterocycles. The average molecular weight is 375 g/mol. The van der Waals surface area contributed by atoms with Crippen molar-refractivity contribution in [2.75, 3.05) is 0 Å². The SMILES string of the molecule is C=C(/N=C(\N=C(/N)c1ccccc1O)C1C=CC=CC1O)c1ccccc1O. The Hall–Kier alpha value is -3.64. The molecule has 6 nitrogen and oxygen atoms in total. The molecule has 0 amide bonds. The van der Waals surface area contributed by atoms with Crippen molar-refractivity contribution in [2.24, 2.45) is 21.6 Å². The molecule has 0 saturated carbocycles. The number of hydrogen-bond acceptors (Lipinski definition) is 4. The molecule has 0 heterocycles. The summed E-state index contributed by atoms with van der Waals surface area (Å²) in [6.07, 6.45) is 6.04. The van der Waals surface area contributed by atoms with Crippen molar-refractivity contribution in [3.8, 4) is 11.5 Å². The summed E-state index contributed by atoms with van der Waals surface area (Å²) in [6.45, 7) is 3.91. The van der Waals surface area contributed by atoms with Crippen LogP contribution in [0.2, 0.25) is 0 Å². The van der Waals surface area contributed by atoms with E-state index in [-0.39, 0.29) is 28.9 Å². The topological polar surface area (TPSA) is 111 Å². The summed E-state index contributed by atoms with van der Waals surface area (Å²) < 4.78 is 0. The number of para-hydroxylation sites is 2. The number of allylic oxidation sites excluding steroid dienone is 2. The van der Waals surface area contributed by atoms with E-state index in [0.717, 1.165) is 0 Å². The van der Waals surface area contributed by atoms with Crippen molar-refractivity contribution in [1.29, 1.82) is 0 Å². The molecule has 3 rings (SSSR count). The van der Waals surface area contributed by atoms with Crippen molar-refractivity contribution in [2.45, 2.75) is 6.10 Å². The first-order chi connectivity index (χ1) is 13.5. The second-order valence-electron chi connectivity index (χ2n) is 6.23. The fourth-order valence-corrected chi connectivity index (χ4v) is 2.80. The van der Waals surface area contributed by atoms with Gasteiger partial charge in [-0.25, -0.2) is 9.98 Å². The minimum atomic E-state index is -0.846. The molecule has 1 aliphatic carbocycles. The van der Waals surface area contributed by atoms with Gasteiger partial charge in [-0.3, -0.25) is 0 Å². The highest BCUT2D eigenvalue weighted by molar-refractivity contribution is 6.08. The van der Waals surface area contributed by atoms with E-state index in [1.54, 1.807) is 60.7 Å². The molecule has 5 N–H and O–H groups in total. The maximum absolute atomic E-state index is 10.4. The van der Waals surface area contributed by atoms with Crippen molar-refractivity contribution >= 4 is 17.4 Å². The Morgan fingerprint density at radius 3 is 2.04 bits per heavy atom. The van der Waals surface area contributed by atoms with E-state index in [9.17, 15) is 15.3 Å². The number of nitrogens with two attached hydrogens (primary N) is 1. The highest BCUT2D eigenvalue weighted by Gasteiger charge is 2.23. The minimum Gasteiger partial charge on any atom is -0.507 e. The van der Waals surface area contributed by atoms with Gasteiger partial charge in [-0.1, -0.05) is 55.1 Å². The Kier molecular flexibility index (Phi) is 5.72. The van der Waals surface area contributed by atoms with E-state index < -0.39 is 12.0 Å². The van der Waals surface area contributed by atoms with Gasteiger partial charge in [0.05, 0.1) is 23.3 Å². The van der Waals surface area contributed by atoms with Crippen LogP contribution in [-0.4, -0.2) is 33.1 Å². The van der Waals surface area contributed by atoms with E-state index >= 15 is 0 Å². The molecule has 0 bridgehead atoms. The molecule has 6 heteroatoms. The van der Waals surface area contributed by atoms with E-state index in [2.05, 4.69) is 16.6 Å². The summed E-state index contributed by atoms with van der Waals surface area (Å²) in [4.78, 5) is 8.82. The van der Waals surface area contributed by atoms with Gasteiger partial charge in [0.1, 0.15) is 23.2 Å². The van der Waals surface area contributed by atoms with Crippen molar-refractivity contribution in [3.05, 3.63) is 90.5 Å². The molecule has 2 aromatic rings. The smallest absolute Gasteiger partial charge is 0.141 e. The molecule has 0 fully saturated rings. The predicted octanol–water partition coefficient (Wildman–Crippen LogP) is 2.98. The summed E-state index contributed by atoms with van der Waals surface area (Å²) in [5, 5.41) is 30.4. The van der Waals surface area contributed by atoms with Gasteiger partial charge < -0.3 is 21.1 Å². The van der Waals surface area contributed by atoms with Crippen LogP contribution in [0.1, 0.15) is 11.1 Å². The predicted molar refractivity (Wildman–Crippen MR) is 111 cm³/mol. The molecule has 1 aliphatic rings. The zero-order chi connectivity index (χ0) is 20.1. The van der Waals surface area contributed by atoms with Gasteiger partial charge in [-0.05, 0) is 24.3 Å². The van der Waals surface area contributed by atoms with Crippen LogP contribution >= 0.6 is 0 Å². The first kappa shape index (κ1) is 19.1. The molecule has 142 valence electrons. The van der Waals surface area contributed by atoms with Crippen LogP contribution in [0.5, 0.6) is 11.5 Å². The number of amidine groups is 2. The lowest BCUT2D eigenvalue weighted by atomic mass is 9.96. The van der Waals surface area contributed by atoms with Crippen LogP contribution < -0.4 is 5.73 Å². The van der Waals surface area contributed by atoms with Crippen molar-refractivity contribution in [3.63, 3.8) is 0 Å². The Balaban J connectivity index is 2.05. The number of hydrogen-bond donors (Lipinski definition) is 4. The third-order valence-corrected chi connectivity index (χ3v) is 4.28. The fourth-order valence-electron chi connectivity index (χ4n) is 2.80. The molecule has 0 radical (unpaired) electrons. The number of phenolic OH excluding ortho intramolecular Hbond substituents is 2. The van der Waals surface area contributed by atoms with Crippen molar-refractivity contribution < 1.29 is 15.3 Å². The van der Waals surface area contributed by atoms with Gasteiger partial charge in [0.15, 0.2) is 0 Å². The average Bonchev–Trinajstić information content (AvgIpc) is 2.68. The zero-order valence-corrected chi connectivity index (χ0v) is 15.1. The van der Waals surface area contributed by atoms with Gasteiger partial charge in [0, 0.05) is 5.56 Å². The maximum atomic E-state index is 10.4. The quantitative estimate of drug-likeness (QED) is 0.486. The lowest BCUT2D eigenvalue weighted by Gasteiger charge is -2.20. The third kappa shape index (κ3) is 4.19. The highest BCUT2D eigenvalue weighted by atomic mass is 16.3. The number of aliphatic hydroxyl groups excluding tert-OH is 1. The van der Waals surface area contributed by atoms with Crippen LogP contribution in [0.4, 0.5) is 0 Å². The number of phenols is 2. The molecule has 2 aromatic carbocycles. The standard InChI is InChI=1S/C22H21N3O3/c1-14(15-8-2-5-11-18(15)26)24-22(17-10-4-7-13-20(17)28)25-21(23)16-9-3-6-12-19(16)27/h2-13,17,20,26-28H,1H2,(H2,23,24,25). The van der Waals surface area contributed by atoms with Crippen LogP contribution in [0.3, 0.4) is 0 Å². The Labute approximate surface area is 163 Å². The first-order valence-electron chi connectivity index (χ1n) is 8.69. The number of rotatable bonds is 4. The summed E-state index contributed by atoms with van der Waals surface area (Å²) in [7, 11) is 0.